The molecule has 0 amide bonds. The number of nitrogens with zero attached hydrogens (tertiary/aromatic N) is 1. The Bertz CT molecular complexity index is 635. The van der Waals surface area contributed by atoms with Gasteiger partial charge in [0.15, 0.2) is 0 Å². The zero-order valence-corrected chi connectivity index (χ0v) is 14.1. The van der Waals surface area contributed by atoms with Crippen LogP contribution in [0.5, 0.6) is 0 Å². The molecule has 4 nitrogen and oxygen atoms in total. The number of unbranched alkanes of at least 4 members (excludes halogenated alkanes) is 1. The lowest BCUT2D eigenvalue weighted by Crippen LogP contribution is -3.07. The van der Waals surface area contributed by atoms with Crippen LogP contribution in [0.2, 0.25) is 0 Å². The van der Waals surface area contributed by atoms with E-state index in [1.807, 2.05) is 12.1 Å². The first kappa shape index (κ1) is 16.6. The Kier molecular flexibility index (Phi) is 5.69. The Labute approximate surface area is 135 Å². The molecular formula is C17H22N2O2S. The number of benzene rings is 1. The van der Waals surface area contributed by atoms with Crippen LogP contribution < -0.4 is 10.0 Å². The van der Waals surface area contributed by atoms with Crippen molar-refractivity contribution in [1.29, 1.82) is 0 Å². The molecule has 1 unspecified atom stereocenters. The predicted octanol–water partition coefficient (Wildman–Crippen LogP) is 1.30. The minimum Gasteiger partial charge on any atom is -0.544 e. The molecule has 0 saturated heterocycles. The maximum atomic E-state index is 11.0. The van der Waals surface area contributed by atoms with Crippen molar-refractivity contribution in [3.8, 4) is 10.6 Å². The van der Waals surface area contributed by atoms with E-state index in [2.05, 4.69) is 31.1 Å². The lowest BCUT2D eigenvalue weighted by atomic mass is 10.1. The van der Waals surface area contributed by atoms with Gasteiger partial charge >= 0.3 is 0 Å². The van der Waals surface area contributed by atoms with Crippen molar-refractivity contribution in [1.82, 2.24) is 4.98 Å². The third kappa shape index (κ3) is 4.15. The second-order valence-corrected chi connectivity index (χ2v) is 6.65. The molecule has 0 radical (unpaired) electrons. The molecule has 0 aliphatic heterocycles. The van der Waals surface area contributed by atoms with Crippen molar-refractivity contribution < 1.29 is 14.8 Å². The van der Waals surface area contributed by atoms with Gasteiger partial charge in [-0.15, -0.1) is 11.3 Å². The van der Waals surface area contributed by atoms with E-state index in [9.17, 15) is 9.90 Å². The van der Waals surface area contributed by atoms with Gasteiger partial charge in [0.25, 0.3) is 0 Å². The Balaban J connectivity index is 2.08. The molecule has 0 bridgehead atoms. The van der Waals surface area contributed by atoms with Gasteiger partial charge in [-0.3, -0.25) is 0 Å². The van der Waals surface area contributed by atoms with Crippen LogP contribution in [0.3, 0.4) is 0 Å². The fraction of sp³-hybridized carbons (Fsp3) is 0.412. The fourth-order valence-electron chi connectivity index (χ4n) is 2.39. The lowest BCUT2D eigenvalue weighted by Gasteiger charge is -2.13. The van der Waals surface area contributed by atoms with Crippen LogP contribution in [-0.2, 0) is 6.54 Å². The zero-order chi connectivity index (χ0) is 16.1. The van der Waals surface area contributed by atoms with E-state index in [0.29, 0.717) is 5.69 Å². The SMILES string of the molecule is CCCC[NH+](C)Cc1ccc(-c2nc(C)c(C(=O)[O-])s2)cc1. The molecule has 0 aliphatic carbocycles. The van der Waals surface area contributed by atoms with Crippen LogP contribution >= 0.6 is 11.3 Å². The number of carboxylic acid groups (broad SMARTS) is 1. The standard InChI is InChI=1S/C17H22N2O2S/c1-4-5-10-19(3)11-13-6-8-14(9-7-13)16-18-12(2)15(22-16)17(20)21/h6-9H,4-5,10-11H2,1-3H3,(H,20,21). The molecule has 1 aromatic heterocycles. The second-order valence-electron chi connectivity index (χ2n) is 5.66. The van der Waals surface area contributed by atoms with E-state index in [1.54, 1.807) is 6.92 Å². The van der Waals surface area contributed by atoms with E-state index < -0.39 is 5.97 Å². The average molecular weight is 318 g/mol. The van der Waals surface area contributed by atoms with E-state index >= 15 is 0 Å². The topological polar surface area (TPSA) is 57.5 Å². The average Bonchev–Trinajstić information content (AvgIpc) is 2.88. The molecule has 0 aliphatic rings. The summed E-state index contributed by atoms with van der Waals surface area (Å²) in [5.41, 5.74) is 2.76. The Morgan fingerprint density at radius 1 is 1.32 bits per heavy atom. The van der Waals surface area contributed by atoms with Gasteiger partial charge in [-0.1, -0.05) is 37.6 Å². The first-order chi connectivity index (χ1) is 10.5. The molecule has 0 saturated carbocycles. The summed E-state index contributed by atoms with van der Waals surface area (Å²) in [6.07, 6.45) is 2.47. The third-order valence-electron chi connectivity index (χ3n) is 3.65. The Morgan fingerprint density at radius 3 is 2.55 bits per heavy atom. The van der Waals surface area contributed by atoms with E-state index in [-0.39, 0.29) is 4.88 Å². The molecule has 1 heterocycles. The maximum Gasteiger partial charge on any atom is 0.124 e. The van der Waals surface area contributed by atoms with E-state index in [1.165, 1.54) is 41.2 Å². The molecule has 5 heteroatoms. The van der Waals surface area contributed by atoms with Crippen molar-refractivity contribution >= 4 is 17.3 Å². The minimum absolute atomic E-state index is 0.211. The maximum absolute atomic E-state index is 11.0. The predicted molar refractivity (Wildman–Crippen MR) is 87.0 cm³/mol. The van der Waals surface area contributed by atoms with Crippen LogP contribution in [0.4, 0.5) is 0 Å². The van der Waals surface area contributed by atoms with Crippen LogP contribution in [0.15, 0.2) is 24.3 Å². The molecule has 22 heavy (non-hydrogen) atoms. The van der Waals surface area contributed by atoms with E-state index in [0.717, 1.165) is 17.1 Å². The molecule has 0 fully saturated rings. The molecule has 118 valence electrons. The highest BCUT2D eigenvalue weighted by Gasteiger charge is 2.10. The Hall–Kier alpha value is -1.72. The van der Waals surface area contributed by atoms with Gasteiger partial charge in [0.2, 0.25) is 0 Å². The largest absolute Gasteiger partial charge is 0.544 e. The molecule has 2 aromatic rings. The van der Waals surface area contributed by atoms with Crippen LogP contribution in [-0.4, -0.2) is 24.5 Å². The highest BCUT2D eigenvalue weighted by molar-refractivity contribution is 7.17. The van der Waals surface area contributed by atoms with Gasteiger partial charge in [0.05, 0.1) is 30.1 Å². The molecular weight excluding hydrogens is 296 g/mol. The molecule has 1 N–H and O–H groups in total. The number of carbonyl (C=O) groups is 1. The van der Waals surface area contributed by atoms with Crippen molar-refractivity contribution in [3.05, 3.63) is 40.4 Å². The fourth-order valence-corrected chi connectivity index (χ4v) is 3.30. The number of aryl methyl sites for hydroxylation is 1. The number of aromatic nitrogens is 1. The Morgan fingerprint density at radius 2 is 2.00 bits per heavy atom. The summed E-state index contributed by atoms with van der Waals surface area (Å²) < 4.78 is 0. The van der Waals surface area contributed by atoms with Crippen LogP contribution in [0.1, 0.15) is 40.7 Å². The summed E-state index contributed by atoms with van der Waals surface area (Å²) in [5, 5.41) is 11.7. The number of quaternary nitrogens is 1. The molecule has 0 spiro atoms. The zero-order valence-electron chi connectivity index (χ0n) is 13.3. The van der Waals surface area contributed by atoms with Gasteiger partial charge in [0, 0.05) is 11.1 Å². The number of nitrogens with one attached hydrogen (secondary N) is 1. The number of carbonyl (C=O) groups excluding carboxylic acids is 1. The number of hydrogen-bond donors (Lipinski definition) is 1. The van der Waals surface area contributed by atoms with Crippen LogP contribution in [0.25, 0.3) is 10.6 Å². The molecule has 1 aromatic carbocycles. The highest BCUT2D eigenvalue weighted by atomic mass is 32.1. The summed E-state index contributed by atoms with van der Waals surface area (Å²) >= 11 is 1.17. The van der Waals surface area contributed by atoms with Gasteiger partial charge in [0.1, 0.15) is 11.6 Å². The number of carboxylic acids is 1. The van der Waals surface area contributed by atoms with Gasteiger partial charge in [-0.2, -0.15) is 0 Å². The summed E-state index contributed by atoms with van der Waals surface area (Å²) in [7, 11) is 2.21. The van der Waals surface area contributed by atoms with Gasteiger partial charge < -0.3 is 14.8 Å². The number of thiazole rings is 1. The van der Waals surface area contributed by atoms with Crippen molar-refractivity contribution in [3.63, 3.8) is 0 Å². The van der Waals surface area contributed by atoms with Crippen LogP contribution in [0, 0.1) is 6.92 Å². The smallest absolute Gasteiger partial charge is 0.124 e. The van der Waals surface area contributed by atoms with E-state index in [4.69, 9.17) is 0 Å². The summed E-state index contributed by atoms with van der Waals surface area (Å²) in [4.78, 5) is 17.0. The summed E-state index contributed by atoms with van der Waals surface area (Å²) in [6.45, 7) is 6.09. The summed E-state index contributed by atoms with van der Waals surface area (Å²) in [5.74, 6) is -1.15. The van der Waals surface area contributed by atoms with Gasteiger partial charge in [-0.25, -0.2) is 4.98 Å². The van der Waals surface area contributed by atoms with Crippen molar-refractivity contribution in [2.75, 3.05) is 13.6 Å². The van der Waals surface area contributed by atoms with Crippen molar-refractivity contribution in [2.24, 2.45) is 0 Å². The number of aromatic carboxylic acids is 1. The quantitative estimate of drug-likeness (QED) is 0.837. The van der Waals surface area contributed by atoms with Gasteiger partial charge in [-0.05, 0) is 13.3 Å². The third-order valence-corrected chi connectivity index (χ3v) is 4.83. The van der Waals surface area contributed by atoms with Crippen molar-refractivity contribution in [2.45, 2.75) is 33.2 Å². The molecule has 2 rings (SSSR count). The number of hydrogen-bond acceptors (Lipinski definition) is 4. The number of rotatable bonds is 7. The second kappa shape index (κ2) is 7.51. The first-order valence-corrected chi connectivity index (χ1v) is 8.42. The minimum atomic E-state index is -1.15. The summed E-state index contributed by atoms with van der Waals surface area (Å²) in [6, 6.07) is 8.22. The first-order valence-electron chi connectivity index (χ1n) is 7.60. The lowest BCUT2D eigenvalue weighted by molar-refractivity contribution is -0.894. The monoisotopic (exact) mass is 318 g/mol. The normalized spacial score (nSPS) is 12.3. The highest BCUT2D eigenvalue weighted by Crippen LogP contribution is 2.27. The molecule has 1 atom stereocenters.